The molecule has 0 aliphatic rings. The van der Waals surface area contributed by atoms with E-state index in [0.29, 0.717) is 5.69 Å². The molecule has 0 amide bonds. The first-order valence-corrected chi connectivity index (χ1v) is 9.35. The normalized spacial score (nSPS) is 11.5. The summed E-state index contributed by atoms with van der Waals surface area (Å²) in [4.78, 5) is 14.6. The van der Waals surface area contributed by atoms with E-state index in [9.17, 15) is 4.91 Å². The van der Waals surface area contributed by atoms with Crippen LogP contribution < -0.4 is 0 Å². The number of benzene rings is 1. The van der Waals surface area contributed by atoms with Crippen molar-refractivity contribution in [1.82, 2.24) is 14.8 Å². The standard InChI is InChI=1S/C19H19N4OP/c1-14-4-3-5-15(10-14)13-23-19(25-2)9-8-18(22-23)16-6-7-17(12-21-24)20-11-16/h3-11H,12-13H2,1-2H3. The van der Waals surface area contributed by atoms with Gasteiger partial charge in [0.05, 0.1) is 23.0 Å². The summed E-state index contributed by atoms with van der Waals surface area (Å²) in [7, 11) is 1.17. The average molecular weight is 350 g/mol. The summed E-state index contributed by atoms with van der Waals surface area (Å²) in [6.45, 7) is 5.02. The lowest BCUT2D eigenvalue weighted by Gasteiger charge is -2.10. The Hall–Kier alpha value is -2.65. The molecule has 0 spiro atoms. The minimum atomic E-state index is 0.0920. The van der Waals surface area contributed by atoms with Crippen molar-refractivity contribution in [2.75, 3.05) is 6.66 Å². The Morgan fingerprint density at radius 1 is 1.16 bits per heavy atom. The maximum absolute atomic E-state index is 10.3. The molecule has 0 N–H and O–H groups in total. The summed E-state index contributed by atoms with van der Waals surface area (Å²) in [6, 6.07) is 16.3. The van der Waals surface area contributed by atoms with Crippen molar-refractivity contribution in [3.63, 3.8) is 0 Å². The molecule has 2 aromatic heterocycles. The number of rotatable bonds is 5. The second-order valence-electron chi connectivity index (χ2n) is 5.77. The molecular weight excluding hydrogens is 331 g/mol. The summed E-state index contributed by atoms with van der Waals surface area (Å²) >= 11 is 0. The van der Waals surface area contributed by atoms with Crippen LogP contribution in [0.5, 0.6) is 0 Å². The van der Waals surface area contributed by atoms with Crippen LogP contribution in [0, 0.1) is 16.9 Å². The number of pyridine rings is 1. The van der Waals surface area contributed by atoms with E-state index in [0.717, 1.165) is 22.9 Å². The Bertz CT molecular complexity index is 948. The summed E-state index contributed by atoms with van der Waals surface area (Å²) < 4.78 is 2.03. The molecule has 3 rings (SSSR count). The van der Waals surface area contributed by atoms with Gasteiger partial charge in [-0.15, -0.1) is 0 Å². The monoisotopic (exact) mass is 350 g/mol. The van der Waals surface area contributed by atoms with E-state index in [1.807, 2.05) is 22.9 Å². The molecule has 3 aromatic rings. The minimum Gasteiger partial charge on any atom is -0.258 e. The lowest BCUT2D eigenvalue weighted by Crippen LogP contribution is -2.07. The number of aryl methyl sites for hydroxylation is 1. The van der Waals surface area contributed by atoms with E-state index in [4.69, 9.17) is 5.10 Å². The molecule has 0 saturated heterocycles. The van der Waals surface area contributed by atoms with Crippen molar-refractivity contribution in [2.45, 2.75) is 20.0 Å². The van der Waals surface area contributed by atoms with E-state index in [1.54, 1.807) is 6.20 Å². The van der Waals surface area contributed by atoms with Crippen molar-refractivity contribution in [1.29, 1.82) is 0 Å². The van der Waals surface area contributed by atoms with Gasteiger partial charge >= 0.3 is 0 Å². The van der Waals surface area contributed by atoms with Crippen LogP contribution >= 0.6 is 8.20 Å². The number of aromatic nitrogens is 3. The third kappa shape index (κ3) is 4.25. The lowest BCUT2D eigenvalue weighted by molar-refractivity contribution is 0.657. The van der Waals surface area contributed by atoms with E-state index < -0.39 is 0 Å². The van der Waals surface area contributed by atoms with Crippen LogP contribution in [-0.4, -0.2) is 21.4 Å². The fraction of sp³-hybridized carbons (Fsp3) is 0.211. The highest BCUT2D eigenvalue weighted by molar-refractivity contribution is 7.28. The highest BCUT2D eigenvalue weighted by Crippen LogP contribution is 2.17. The second-order valence-corrected chi connectivity index (χ2v) is 6.68. The van der Waals surface area contributed by atoms with Crippen molar-refractivity contribution in [3.05, 3.63) is 81.5 Å². The van der Waals surface area contributed by atoms with Gasteiger partial charge in [-0.2, -0.15) is 10.0 Å². The molecule has 126 valence electrons. The Balaban J connectivity index is 1.95. The van der Waals surface area contributed by atoms with Gasteiger partial charge in [-0.1, -0.05) is 43.2 Å². The molecule has 0 aliphatic heterocycles. The van der Waals surface area contributed by atoms with Gasteiger partial charge in [-0.3, -0.25) is 9.67 Å². The maximum atomic E-state index is 10.3. The third-order valence-electron chi connectivity index (χ3n) is 3.87. The van der Waals surface area contributed by atoms with Crippen molar-refractivity contribution < 1.29 is 0 Å². The molecule has 0 bridgehead atoms. The molecule has 0 aliphatic carbocycles. The topological polar surface area (TPSA) is 60.1 Å². The van der Waals surface area contributed by atoms with Crippen LogP contribution in [0.4, 0.5) is 0 Å². The van der Waals surface area contributed by atoms with Crippen molar-refractivity contribution >= 4 is 8.20 Å². The van der Waals surface area contributed by atoms with Gasteiger partial charge in [0.15, 0.2) is 0 Å². The largest absolute Gasteiger partial charge is 0.258 e. The Morgan fingerprint density at radius 2 is 2.04 bits per heavy atom. The zero-order chi connectivity index (χ0) is 17.6. The van der Waals surface area contributed by atoms with E-state index in [-0.39, 0.29) is 6.54 Å². The molecule has 0 saturated carbocycles. The molecule has 25 heavy (non-hydrogen) atoms. The van der Waals surface area contributed by atoms with Gasteiger partial charge in [0, 0.05) is 11.8 Å². The van der Waals surface area contributed by atoms with E-state index in [2.05, 4.69) is 54.1 Å². The molecule has 0 atom stereocenters. The van der Waals surface area contributed by atoms with Crippen LogP contribution in [-0.2, 0) is 13.1 Å². The Morgan fingerprint density at radius 3 is 2.72 bits per heavy atom. The van der Waals surface area contributed by atoms with Gasteiger partial charge < -0.3 is 0 Å². The van der Waals surface area contributed by atoms with Crippen molar-refractivity contribution in [2.24, 2.45) is 5.18 Å². The zero-order valence-corrected chi connectivity index (χ0v) is 15.1. The SMILES string of the molecule is C/P=c1/ccc(-c2ccc(CN=O)nc2)nn1Cc1cccc(C)c1. The molecular formula is C19H19N4OP. The van der Waals surface area contributed by atoms with Gasteiger partial charge in [0.2, 0.25) is 0 Å². The molecule has 2 heterocycles. The van der Waals surface area contributed by atoms with Gasteiger partial charge in [-0.05, 0) is 43.4 Å². The maximum Gasteiger partial charge on any atom is 0.123 e. The third-order valence-corrected chi connectivity index (χ3v) is 4.71. The number of hydrogen-bond acceptors (Lipinski definition) is 4. The van der Waals surface area contributed by atoms with Gasteiger partial charge in [-0.25, -0.2) is 0 Å². The summed E-state index contributed by atoms with van der Waals surface area (Å²) in [6.07, 6.45) is 1.74. The first-order chi connectivity index (χ1) is 12.2. The van der Waals surface area contributed by atoms with Gasteiger partial charge in [0.25, 0.3) is 0 Å². The van der Waals surface area contributed by atoms with Gasteiger partial charge in [0.1, 0.15) is 6.54 Å². The predicted molar refractivity (Wildman–Crippen MR) is 101 cm³/mol. The fourth-order valence-corrected chi connectivity index (χ4v) is 3.20. The molecule has 0 radical (unpaired) electrons. The first kappa shape index (κ1) is 17.2. The zero-order valence-electron chi connectivity index (χ0n) is 14.3. The quantitative estimate of drug-likeness (QED) is 0.496. The Kier molecular flexibility index (Phi) is 5.46. The van der Waals surface area contributed by atoms with Crippen LogP contribution in [0.15, 0.2) is 59.9 Å². The van der Waals surface area contributed by atoms with E-state index >= 15 is 0 Å². The fourth-order valence-electron chi connectivity index (χ4n) is 2.63. The highest BCUT2D eigenvalue weighted by Gasteiger charge is 2.04. The average Bonchev–Trinajstić information content (AvgIpc) is 2.63. The minimum absolute atomic E-state index is 0.0920. The molecule has 0 unspecified atom stereocenters. The van der Waals surface area contributed by atoms with Crippen LogP contribution in [0.2, 0.25) is 0 Å². The molecule has 6 heteroatoms. The molecule has 5 nitrogen and oxygen atoms in total. The van der Waals surface area contributed by atoms with Crippen LogP contribution in [0.25, 0.3) is 11.3 Å². The predicted octanol–water partition coefficient (Wildman–Crippen LogP) is 4.68. The smallest absolute Gasteiger partial charge is 0.123 e. The highest BCUT2D eigenvalue weighted by atomic mass is 31.1. The van der Waals surface area contributed by atoms with Crippen LogP contribution in [0.3, 0.4) is 0 Å². The summed E-state index contributed by atoms with van der Waals surface area (Å²) in [5.74, 6) is 0. The summed E-state index contributed by atoms with van der Waals surface area (Å²) in [5.41, 5.74) is 4.92. The number of nitroso groups, excluding NO2 is 1. The molecule has 0 fully saturated rings. The lowest BCUT2D eigenvalue weighted by atomic mass is 10.1. The first-order valence-electron chi connectivity index (χ1n) is 8.00. The number of hydrogen-bond donors (Lipinski definition) is 0. The Labute approximate surface area is 148 Å². The second kappa shape index (κ2) is 7.95. The summed E-state index contributed by atoms with van der Waals surface area (Å²) in [5, 5.41) is 8.82. The molecule has 1 aromatic carbocycles. The van der Waals surface area contributed by atoms with E-state index in [1.165, 1.54) is 19.3 Å². The van der Waals surface area contributed by atoms with Crippen LogP contribution in [0.1, 0.15) is 16.8 Å². The number of nitrogens with zero attached hydrogens (tertiary/aromatic N) is 4. The van der Waals surface area contributed by atoms with Crippen molar-refractivity contribution in [3.8, 4) is 11.3 Å².